The monoisotopic (exact) mass is 689 g/mol. The summed E-state index contributed by atoms with van der Waals surface area (Å²) < 4.78 is 51.4. The zero-order chi connectivity index (χ0) is 34.5. The molecule has 49 heavy (non-hydrogen) atoms. The summed E-state index contributed by atoms with van der Waals surface area (Å²) in [7, 11) is -3.03. The van der Waals surface area contributed by atoms with Crippen molar-refractivity contribution in [1.82, 2.24) is 5.32 Å². The molecule has 11 heteroatoms. The molecular formula is C38H44NO9P. The van der Waals surface area contributed by atoms with Gasteiger partial charge in [0.25, 0.3) is 0 Å². The van der Waals surface area contributed by atoms with Crippen molar-refractivity contribution < 1.29 is 42.5 Å². The second kappa shape index (κ2) is 18.3. The van der Waals surface area contributed by atoms with E-state index in [2.05, 4.69) is 5.32 Å². The molecule has 0 unspecified atom stereocenters. The highest BCUT2D eigenvalue weighted by molar-refractivity contribution is 7.54. The van der Waals surface area contributed by atoms with E-state index in [1.54, 1.807) is 0 Å². The molecule has 10 nitrogen and oxygen atoms in total. The fourth-order valence-electron chi connectivity index (χ4n) is 5.68. The van der Waals surface area contributed by atoms with Gasteiger partial charge in [0.1, 0.15) is 24.4 Å². The predicted molar refractivity (Wildman–Crippen MR) is 184 cm³/mol. The number of aliphatic hydroxyl groups excluding tert-OH is 1. The van der Waals surface area contributed by atoms with E-state index < -0.39 is 49.8 Å². The summed E-state index contributed by atoms with van der Waals surface area (Å²) in [6, 6.07) is 37.3. The normalized spacial score (nSPS) is 23.4. The molecule has 0 aromatic heterocycles. The van der Waals surface area contributed by atoms with Crippen LogP contribution in [0.2, 0.25) is 0 Å². The van der Waals surface area contributed by atoms with Crippen LogP contribution in [-0.4, -0.2) is 61.0 Å². The first-order valence-electron chi connectivity index (χ1n) is 16.2. The van der Waals surface area contributed by atoms with Crippen LogP contribution in [0, 0.1) is 0 Å². The van der Waals surface area contributed by atoms with Gasteiger partial charge >= 0.3 is 7.60 Å². The van der Waals surface area contributed by atoms with Crippen LogP contribution in [0.1, 0.15) is 29.2 Å². The molecule has 260 valence electrons. The first-order chi connectivity index (χ1) is 23.9. The lowest BCUT2D eigenvalue weighted by atomic mass is 9.95. The second-order valence-electron chi connectivity index (χ2n) is 11.8. The van der Waals surface area contributed by atoms with Gasteiger partial charge in [-0.25, -0.2) is 0 Å². The number of hydrogen-bond donors (Lipinski definition) is 2. The van der Waals surface area contributed by atoms with E-state index in [-0.39, 0.29) is 26.4 Å². The largest absolute Gasteiger partial charge is 0.378 e. The van der Waals surface area contributed by atoms with E-state index >= 15 is 0 Å². The summed E-state index contributed by atoms with van der Waals surface area (Å²) >= 11 is 0. The number of rotatable bonds is 17. The Morgan fingerprint density at radius 2 is 1.22 bits per heavy atom. The standard InChI is InChI=1S/C38H44NO9P/c1-28(40)39-34-36(48-49(42,43-2)38(41)37(34)47-26-32-21-13-6-14-22-32)35(46-25-31-19-11-5-12-20-31)33(45-24-30-17-9-4-10-18-30)27-44-23-29-15-7-3-8-16-29/h3-22,33-38,41H,23-27H2,1-2H3,(H,39,40)/t33-,34-,35-,36+,37+,38-,49-/m0/s1. The summed E-state index contributed by atoms with van der Waals surface area (Å²) in [4.78, 5) is 12.7. The Kier molecular flexibility index (Phi) is 13.7. The quantitative estimate of drug-likeness (QED) is 0.128. The topological polar surface area (TPSA) is 122 Å². The van der Waals surface area contributed by atoms with Crippen LogP contribution >= 0.6 is 7.60 Å². The Balaban J connectivity index is 1.51. The molecule has 1 heterocycles. The minimum atomic E-state index is -4.24. The average molecular weight is 690 g/mol. The van der Waals surface area contributed by atoms with Crippen molar-refractivity contribution in [2.45, 2.75) is 69.7 Å². The maximum absolute atomic E-state index is 14.2. The second-order valence-corrected chi connectivity index (χ2v) is 14.0. The molecule has 4 aromatic rings. The zero-order valence-corrected chi connectivity index (χ0v) is 28.6. The Morgan fingerprint density at radius 1 is 0.755 bits per heavy atom. The van der Waals surface area contributed by atoms with E-state index in [9.17, 15) is 14.5 Å². The van der Waals surface area contributed by atoms with Gasteiger partial charge < -0.3 is 33.9 Å². The summed E-state index contributed by atoms with van der Waals surface area (Å²) in [6.07, 6.45) is -4.15. The van der Waals surface area contributed by atoms with Crippen LogP contribution < -0.4 is 5.32 Å². The lowest BCUT2D eigenvalue weighted by Crippen LogP contribution is -2.64. The van der Waals surface area contributed by atoms with E-state index in [0.29, 0.717) is 6.61 Å². The molecule has 0 radical (unpaired) electrons. The third-order valence-corrected chi connectivity index (χ3v) is 10.2. The molecule has 1 amide bonds. The van der Waals surface area contributed by atoms with Gasteiger partial charge in [-0.2, -0.15) is 0 Å². The lowest BCUT2D eigenvalue weighted by molar-refractivity contribution is -0.179. The van der Waals surface area contributed by atoms with Crippen LogP contribution in [0.4, 0.5) is 0 Å². The van der Waals surface area contributed by atoms with Crippen LogP contribution in [0.5, 0.6) is 0 Å². The van der Waals surface area contributed by atoms with Crippen molar-refractivity contribution in [2.75, 3.05) is 13.7 Å². The minimum Gasteiger partial charge on any atom is -0.378 e. The molecule has 0 spiro atoms. The van der Waals surface area contributed by atoms with Crippen LogP contribution in [-0.2, 0) is 63.8 Å². The molecule has 5 rings (SSSR count). The van der Waals surface area contributed by atoms with Crippen molar-refractivity contribution in [3.05, 3.63) is 144 Å². The van der Waals surface area contributed by atoms with Crippen molar-refractivity contribution >= 4 is 13.5 Å². The maximum Gasteiger partial charge on any atom is 0.361 e. The third-order valence-electron chi connectivity index (χ3n) is 8.18. The molecule has 0 saturated carbocycles. The molecular weight excluding hydrogens is 645 g/mol. The number of carbonyl (C=O) groups excluding carboxylic acids is 1. The Morgan fingerprint density at radius 3 is 1.71 bits per heavy atom. The van der Waals surface area contributed by atoms with Crippen molar-refractivity contribution in [3.8, 4) is 0 Å². The number of nitrogens with one attached hydrogen (secondary N) is 1. The van der Waals surface area contributed by atoms with Crippen molar-refractivity contribution in [3.63, 3.8) is 0 Å². The number of aliphatic hydroxyl groups is 1. The summed E-state index contributed by atoms with van der Waals surface area (Å²) in [5, 5.41) is 14.3. The molecule has 1 aliphatic heterocycles. The molecule has 7 atom stereocenters. The highest BCUT2D eigenvalue weighted by atomic mass is 31.2. The van der Waals surface area contributed by atoms with Gasteiger partial charge in [0.05, 0.1) is 39.1 Å². The molecule has 1 saturated heterocycles. The van der Waals surface area contributed by atoms with Gasteiger partial charge in [-0.1, -0.05) is 121 Å². The molecule has 0 aliphatic carbocycles. The molecule has 1 fully saturated rings. The third kappa shape index (κ3) is 10.4. The number of ether oxygens (including phenoxy) is 4. The summed E-state index contributed by atoms with van der Waals surface area (Å²) in [6.45, 7) is 2.13. The van der Waals surface area contributed by atoms with Gasteiger partial charge in [-0.05, 0) is 22.3 Å². The molecule has 4 aromatic carbocycles. The smallest absolute Gasteiger partial charge is 0.361 e. The summed E-state index contributed by atoms with van der Waals surface area (Å²) in [5.41, 5.74) is 3.58. The average Bonchev–Trinajstić information content (AvgIpc) is 3.13. The number of carbonyl (C=O) groups is 1. The van der Waals surface area contributed by atoms with E-state index in [4.69, 9.17) is 28.0 Å². The van der Waals surface area contributed by atoms with Crippen LogP contribution in [0.15, 0.2) is 121 Å². The molecule has 1 aliphatic rings. The van der Waals surface area contributed by atoms with E-state index in [0.717, 1.165) is 22.3 Å². The van der Waals surface area contributed by atoms with Crippen LogP contribution in [0.3, 0.4) is 0 Å². The zero-order valence-electron chi connectivity index (χ0n) is 27.7. The Labute approximate surface area is 287 Å². The fraction of sp³-hybridized carbons (Fsp3) is 0.342. The number of amides is 1. The van der Waals surface area contributed by atoms with Crippen molar-refractivity contribution in [1.29, 1.82) is 0 Å². The SMILES string of the molecule is CO[P@]1(=O)O[C@@H]([C@@H](OCc2ccccc2)[C@H](COCc2ccccc2)OCc2ccccc2)[C@H](NC(C)=O)[C@@H](OCc2ccccc2)[C@H]1O. The van der Waals surface area contributed by atoms with E-state index in [1.165, 1.54) is 14.0 Å². The number of hydrogen-bond acceptors (Lipinski definition) is 9. The van der Waals surface area contributed by atoms with Gasteiger partial charge in [0.2, 0.25) is 5.91 Å². The van der Waals surface area contributed by atoms with Gasteiger partial charge in [0, 0.05) is 14.0 Å². The maximum atomic E-state index is 14.2. The molecule has 0 bridgehead atoms. The Bertz CT molecular complexity index is 1600. The van der Waals surface area contributed by atoms with E-state index in [1.807, 2.05) is 121 Å². The van der Waals surface area contributed by atoms with Crippen LogP contribution in [0.25, 0.3) is 0 Å². The fourth-order valence-corrected chi connectivity index (χ4v) is 7.33. The lowest BCUT2D eigenvalue weighted by Gasteiger charge is -2.47. The minimum absolute atomic E-state index is 0.0587. The van der Waals surface area contributed by atoms with Gasteiger partial charge in [0.15, 0.2) is 5.85 Å². The first kappa shape index (κ1) is 36.6. The summed E-state index contributed by atoms with van der Waals surface area (Å²) in [5.74, 6) is -2.11. The predicted octanol–water partition coefficient (Wildman–Crippen LogP) is 6.02. The van der Waals surface area contributed by atoms with Crippen molar-refractivity contribution in [2.24, 2.45) is 0 Å². The highest BCUT2D eigenvalue weighted by Gasteiger charge is 2.57. The number of benzene rings is 4. The highest BCUT2D eigenvalue weighted by Crippen LogP contribution is 2.58. The van der Waals surface area contributed by atoms with Gasteiger partial charge in [-0.15, -0.1) is 0 Å². The Hall–Kier alpha value is -3.70. The first-order valence-corrected chi connectivity index (χ1v) is 17.8. The molecule has 2 N–H and O–H groups in total. The van der Waals surface area contributed by atoms with Gasteiger partial charge in [-0.3, -0.25) is 13.9 Å².